The van der Waals surface area contributed by atoms with E-state index in [4.69, 9.17) is 4.74 Å². The zero-order valence-corrected chi connectivity index (χ0v) is 15.1. The molecule has 5 heteroatoms. The number of pyridine rings is 1. The van der Waals surface area contributed by atoms with Crippen LogP contribution in [0.4, 0.5) is 5.82 Å². The molecular weight excluding hydrogens is 332 g/mol. The number of aromatic nitrogens is 1. The highest BCUT2D eigenvalue weighted by atomic mass is 32.1. The summed E-state index contributed by atoms with van der Waals surface area (Å²) in [4.78, 5) is 20.5. The molecule has 0 saturated heterocycles. The first-order valence-corrected chi connectivity index (χ1v) is 8.91. The fourth-order valence-corrected chi connectivity index (χ4v) is 3.37. The molecule has 0 radical (unpaired) electrons. The summed E-state index contributed by atoms with van der Waals surface area (Å²) >= 11 is 1.68. The van der Waals surface area contributed by atoms with E-state index < -0.39 is 0 Å². The number of aryl methyl sites for hydroxylation is 1. The number of hydrogen-bond acceptors (Lipinski definition) is 5. The molecule has 0 aliphatic rings. The van der Waals surface area contributed by atoms with E-state index in [2.05, 4.69) is 11.1 Å². The summed E-state index contributed by atoms with van der Waals surface area (Å²) < 4.78 is 5.15. The topological polar surface area (TPSA) is 42.4 Å². The molecule has 0 fully saturated rings. The molecule has 1 aromatic carbocycles. The van der Waals surface area contributed by atoms with Crippen LogP contribution in [0.1, 0.15) is 20.8 Å². The van der Waals surface area contributed by atoms with Crippen molar-refractivity contribution in [3.8, 4) is 5.75 Å². The lowest BCUT2D eigenvalue weighted by Gasteiger charge is -2.24. The number of ether oxygens (including phenoxy) is 1. The molecule has 2 heterocycles. The predicted molar refractivity (Wildman–Crippen MR) is 102 cm³/mol. The molecule has 128 valence electrons. The Labute approximate surface area is 151 Å². The van der Waals surface area contributed by atoms with Gasteiger partial charge in [0.25, 0.3) is 0 Å². The summed E-state index contributed by atoms with van der Waals surface area (Å²) in [6.45, 7) is 2.96. The molecule has 0 unspecified atom stereocenters. The van der Waals surface area contributed by atoms with Crippen LogP contribution in [0.25, 0.3) is 0 Å². The van der Waals surface area contributed by atoms with Gasteiger partial charge in [-0.05, 0) is 54.3 Å². The summed E-state index contributed by atoms with van der Waals surface area (Å²) in [5, 5.41) is 2.05. The number of rotatable bonds is 7. The Morgan fingerprint density at radius 3 is 2.60 bits per heavy atom. The van der Waals surface area contributed by atoms with E-state index in [0.717, 1.165) is 17.1 Å². The molecule has 0 aliphatic heterocycles. The molecule has 0 amide bonds. The quantitative estimate of drug-likeness (QED) is 0.593. The van der Waals surface area contributed by atoms with Gasteiger partial charge in [-0.1, -0.05) is 12.1 Å². The second-order valence-electron chi connectivity index (χ2n) is 5.73. The number of Topliss-reactive ketones (excluding diaryl/α,β-unsaturated/α-hetero) is 1. The molecule has 2 aromatic heterocycles. The van der Waals surface area contributed by atoms with Crippen molar-refractivity contribution in [1.82, 2.24) is 4.98 Å². The van der Waals surface area contributed by atoms with E-state index in [1.54, 1.807) is 36.8 Å². The molecule has 3 rings (SSSR count). The number of ketones is 1. The molecule has 0 aliphatic carbocycles. The number of benzene rings is 1. The van der Waals surface area contributed by atoms with Crippen LogP contribution in [0, 0.1) is 6.92 Å². The Kier molecular flexibility index (Phi) is 5.46. The van der Waals surface area contributed by atoms with Gasteiger partial charge in [-0.2, -0.15) is 0 Å². The SMILES string of the molecule is COc1ccc(C(=O)CN(Cc2cccs2)c2ncccc2C)cc1. The third kappa shape index (κ3) is 4.25. The van der Waals surface area contributed by atoms with Crippen LogP contribution in [0.5, 0.6) is 5.75 Å². The van der Waals surface area contributed by atoms with Crippen molar-refractivity contribution in [2.75, 3.05) is 18.6 Å². The van der Waals surface area contributed by atoms with Gasteiger partial charge in [-0.15, -0.1) is 11.3 Å². The monoisotopic (exact) mass is 352 g/mol. The van der Waals surface area contributed by atoms with Crippen molar-refractivity contribution in [1.29, 1.82) is 0 Å². The number of carbonyl (C=O) groups excluding carboxylic acids is 1. The molecular formula is C20H20N2O2S. The highest BCUT2D eigenvalue weighted by molar-refractivity contribution is 7.09. The lowest BCUT2D eigenvalue weighted by molar-refractivity contribution is 0.0998. The van der Waals surface area contributed by atoms with Crippen LogP contribution in [0.3, 0.4) is 0 Å². The van der Waals surface area contributed by atoms with Gasteiger partial charge in [0.15, 0.2) is 5.78 Å². The van der Waals surface area contributed by atoms with Crippen molar-refractivity contribution in [3.05, 3.63) is 76.1 Å². The Hall–Kier alpha value is -2.66. The first kappa shape index (κ1) is 17.2. The lowest BCUT2D eigenvalue weighted by Crippen LogP contribution is -2.30. The summed E-state index contributed by atoms with van der Waals surface area (Å²) in [5.74, 6) is 1.65. The number of anilines is 1. The average Bonchev–Trinajstić information content (AvgIpc) is 3.15. The molecule has 25 heavy (non-hydrogen) atoms. The van der Waals surface area contributed by atoms with E-state index in [1.807, 2.05) is 47.5 Å². The van der Waals surface area contributed by atoms with Crippen molar-refractivity contribution >= 4 is 22.9 Å². The summed E-state index contributed by atoms with van der Waals surface area (Å²) in [7, 11) is 1.61. The van der Waals surface area contributed by atoms with Crippen LogP contribution >= 0.6 is 11.3 Å². The van der Waals surface area contributed by atoms with Crippen molar-refractivity contribution in [3.63, 3.8) is 0 Å². The third-order valence-corrected chi connectivity index (χ3v) is 4.82. The normalized spacial score (nSPS) is 10.5. The predicted octanol–water partition coefficient (Wildman–Crippen LogP) is 4.35. The Morgan fingerprint density at radius 1 is 1.16 bits per heavy atom. The zero-order valence-electron chi connectivity index (χ0n) is 14.3. The first-order valence-electron chi connectivity index (χ1n) is 8.03. The smallest absolute Gasteiger partial charge is 0.182 e. The minimum atomic E-state index is 0.0595. The van der Waals surface area contributed by atoms with E-state index in [-0.39, 0.29) is 12.3 Å². The van der Waals surface area contributed by atoms with Crippen LogP contribution in [-0.4, -0.2) is 24.4 Å². The number of thiophene rings is 1. The Bertz CT molecular complexity index is 829. The van der Waals surface area contributed by atoms with Crippen molar-refractivity contribution in [2.45, 2.75) is 13.5 Å². The molecule has 4 nitrogen and oxygen atoms in total. The van der Waals surface area contributed by atoms with Gasteiger partial charge < -0.3 is 9.64 Å². The minimum Gasteiger partial charge on any atom is -0.497 e. The maximum Gasteiger partial charge on any atom is 0.182 e. The molecule has 3 aromatic rings. The van der Waals surface area contributed by atoms with Gasteiger partial charge >= 0.3 is 0 Å². The van der Waals surface area contributed by atoms with Gasteiger partial charge in [0.05, 0.1) is 20.2 Å². The third-order valence-electron chi connectivity index (χ3n) is 3.95. The van der Waals surface area contributed by atoms with E-state index in [0.29, 0.717) is 12.1 Å². The van der Waals surface area contributed by atoms with Gasteiger partial charge in [0.2, 0.25) is 0 Å². The van der Waals surface area contributed by atoms with Crippen LogP contribution in [-0.2, 0) is 6.54 Å². The van der Waals surface area contributed by atoms with Crippen molar-refractivity contribution in [2.24, 2.45) is 0 Å². The highest BCUT2D eigenvalue weighted by Crippen LogP contribution is 2.22. The molecule has 0 atom stereocenters. The largest absolute Gasteiger partial charge is 0.497 e. The number of nitrogens with zero attached hydrogens (tertiary/aromatic N) is 2. The molecule has 0 N–H and O–H groups in total. The number of carbonyl (C=O) groups is 1. The first-order chi connectivity index (χ1) is 12.2. The molecule has 0 saturated carbocycles. The Morgan fingerprint density at radius 2 is 1.96 bits per heavy atom. The van der Waals surface area contributed by atoms with E-state index in [9.17, 15) is 4.79 Å². The maximum atomic E-state index is 12.8. The Balaban J connectivity index is 1.83. The van der Waals surface area contributed by atoms with Gasteiger partial charge in [0, 0.05) is 16.6 Å². The fraction of sp³-hybridized carbons (Fsp3) is 0.200. The second kappa shape index (κ2) is 7.94. The summed E-state index contributed by atoms with van der Waals surface area (Å²) in [6.07, 6.45) is 1.77. The summed E-state index contributed by atoms with van der Waals surface area (Å²) in [6, 6.07) is 15.2. The van der Waals surface area contributed by atoms with Crippen LogP contribution in [0.15, 0.2) is 60.1 Å². The fourth-order valence-electron chi connectivity index (χ4n) is 2.65. The van der Waals surface area contributed by atoms with E-state index in [1.165, 1.54) is 4.88 Å². The second-order valence-corrected chi connectivity index (χ2v) is 6.76. The highest BCUT2D eigenvalue weighted by Gasteiger charge is 2.17. The molecule has 0 bridgehead atoms. The van der Waals surface area contributed by atoms with Crippen LogP contribution < -0.4 is 9.64 Å². The number of methoxy groups -OCH3 is 1. The minimum absolute atomic E-state index is 0.0595. The zero-order chi connectivity index (χ0) is 17.6. The van der Waals surface area contributed by atoms with Gasteiger partial charge in [-0.3, -0.25) is 4.79 Å². The lowest BCUT2D eigenvalue weighted by atomic mass is 10.1. The van der Waals surface area contributed by atoms with Crippen molar-refractivity contribution < 1.29 is 9.53 Å². The van der Waals surface area contributed by atoms with Gasteiger partial charge in [0.1, 0.15) is 11.6 Å². The van der Waals surface area contributed by atoms with Crippen LogP contribution in [0.2, 0.25) is 0 Å². The van der Waals surface area contributed by atoms with E-state index >= 15 is 0 Å². The molecule has 0 spiro atoms. The maximum absolute atomic E-state index is 12.8. The number of hydrogen-bond donors (Lipinski definition) is 0. The standard InChI is InChI=1S/C20H20N2O2S/c1-15-5-3-11-21-20(15)22(13-18-6-4-12-25-18)14-19(23)16-7-9-17(24-2)10-8-16/h3-12H,13-14H2,1-2H3. The average molecular weight is 352 g/mol. The van der Waals surface area contributed by atoms with Gasteiger partial charge in [-0.25, -0.2) is 4.98 Å². The summed E-state index contributed by atoms with van der Waals surface area (Å²) in [5.41, 5.74) is 1.73.